The number of phenolic OH excluding ortho intramolecular Hbond substituents is 1. The first-order valence-corrected chi connectivity index (χ1v) is 11.3. The van der Waals surface area contributed by atoms with Crippen molar-refractivity contribution in [3.8, 4) is 11.5 Å². The smallest absolute Gasteiger partial charge is 0.283 e. The average Bonchev–Trinajstić information content (AvgIpc) is 3.14. The van der Waals surface area contributed by atoms with E-state index >= 15 is 0 Å². The summed E-state index contributed by atoms with van der Waals surface area (Å²) in [6.45, 7) is 0. The van der Waals surface area contributed by atoms with E-state index in [4.69, 9.17) is 16.3 Å². The number of benzene rings is 3. The Kier molecular flexibility index (Phi) is 6.82. The van der Waals surface area contributed by atoms with Crippen LogP contribution in [0.25, 0.3) is 6.08 Å². The number of hydrogen-bond acceptors (Lipinski definition) is 6. The molecule has 1 amide bonds. The molecule has 4 rings (SSSR count). The summed E-state index contributed by atoms with van der Waals surface area (Å²) in [4.78, 5) is 31.9. The summed E-state index contributed by atoms with van der Waals surface area (Å²) in [5.41, 5.74) is 2.05. The predicted molar refractivity (Wildman–Crippen MR) is 132 cm³/mol. The molecule has 0 unspecified atom stereocenters. The van der Waals surface area contributed by atoms with Gasteiger partial charge in [0.05, 0.1) is 18.6 Å². The number of amidine groups is 1. The predicted octanol–water partition coefficient (Wildman–Crippen LogP) is 5.41. The van der Waals surface area contributed by atoms with Crippen molar-refractivity contribution in [3.05, 3.63) is 94.6 Å². The Balaban J connectivity index is 1.63. The van der Waals surface area contributed by atoms with Crippen molar-refractivity contribution in [2.45, 2.75) is 0 Å². The molecule has 0 saturated carbocycles. The summed E-state index contributed by atoms with van der Waals surface area (Å²) in [7, 11) is 1.45. The monoisotopic (exact) mass is 478 g/mol. The van der Waals surface area contributed by atoms with Gasteiger partial charge in [0.25, 0.3) is 5.91 Å². The lowest BCUT2D eigenvalue weighted by molar-refractivity contribution is -0.113. The van der Waals surface area contributed by atoms with Crippen LogP contribution in [-0.4, -0.2) is 34.8 Å². The van der Waals surface area contributed by atoms with E-state index in [0.717, 1.165) is 0 Å². The van der Waals surface area contributed by atoms with Crippen LogP contribution in [-0.2, 0) is 4.79 Å². The van der Waals surface area contributed by atoms with Crippen LogP contribution in [0.2, 0.25) is 5.02 Å². The van der Waals surface area contributed by atoms with Gasteiger partial charge >= 0.3 is 0 Å². The number of ether oxygens (including phenoxy) is 1. The molecule has 1 aliphatic heterocycles. The van der Waals surface area contributed by atoms with Crippen molar-refractivity contribution < 1.29 is 19.4 Å². The molecule has 0 aromatic heterocycles. The summed E-state index contributed by atoms with van der Waals surface area (Å²) >= 11 is 7.09. The van der Waals surface area contributed by atoms with Gasteiger partial charge < -0.3 is 9.84 Å². The molecule has 8 heteroatoms. The van der Waals surface area contributed by atoms with E-state index in [0.29, 0.717) is 32.8 Å². The van der Waals surface area contributed by atoms with E-state index < -0.39 is 0 Å². The number of para-hydroxylation sites is 1. The number of phenols is 1. The van der Waals surface area contributed by atoms with Gasteiger partial charge in [-0.3, -0.25) is 14.5 Å². The highest BCUT2D eigenvalue weighted by atomic mass is 35.5. The number of rotatable bonds is 6. The number of aliphatic imine (C=N–C) groups is 1. The standard InChI is InChI=1S/C25H19ClN2O4S/c1-32-23-14-16(7-12-21(23)29)13-20-24(31)28(19-5-3-2-4-6-19)25(27-20)33-15-22(30)17-8-10-18(26)11-9-17/h2-14,29H,15H2,1H3. The number of nitrogens with zero attached hydrogens (tertiary/aromatic N) is 2. The Hall–Kier alpha value is -3.55. The molecular weight excluding hydrogens is 460 g/mol. The van der Waals surface area contributed by atoms with Crippen molar-refractivity contribution in [2.75, 3.05) is 17.8 Å². The third kappa shape index (κ3) is 5.10. The molecule has 0 radical (unpaired) electrons. The second-order valence-electron chi connectivity index (χ2n) is 7.05. The Bertz CT molecular complexity index is 1260. The number of carbonyl (C=O) groups is 2. The highest BCUT2D eigenvalue weighted by Crippen LogP contribution is 2.31. The summed E-state index contributed by atoms with van der Waals surface area (Å²) in [6.07, 6.45) is 1.62. The number of anilines is 1. The quantitative estimate of drug-likeness (QED) is 0.378. The SMILES string of the molecule is COc1cc(C=C2N=C(SCC(=O)c3ccc(Cl)cc3)N(c3ccccc3)C2=O)ccc1O. The molecule has 166 valence electrons. The van der Waals surface area contributed by atoms with Crippen LogP contribution in [0.4, 0.5) is 5.69 Å². The molecule has 1 N–H and O–H groups in total. The Morgan fingerprint density at radius 1 is 1.12 bits per heavy atom. The van der Waals surface area contributed by atoms with Crippen molar-refractivity contribution in [3.63, 3.8) is 0 Å². The van der Waals surface area contributed by atoms with Crippen molar-refractivity contribution in [2.24, 2.45) is 4.99 Å². The maximum absolute atomic E-state index is 13.2. The minimum Gasteiger partial charge on any atom is -0.504 e. The van der Waals surface area contributed by atoms with E-state index in [1.54, 1.807) is 42.5 Å². The Morgan fingerprint density at radius 3 is 2.55 bits per heavy atom. The largest absolute Gasteiger partial charge is 0.504 e. The summed E-state index contributed by atoms with van der Waals surface area (Å²) in [6, 6.07) is 20.6. The second kappa shape index (κ2) is 9.94. The maximum Gasteiger partial charge on any atom is 0.283 e. The number of halogens is 1. The molecule has 0 bridgehead atoms. The summed E-state index contributed by atoms with van der Waals surface area (Å²) in [5.74, 6) is -0.00182. The lowest BCUT2D eigenvalue weighted by atomic mass is 10.1. The normalized spacial score (nSPS) is 14.5. The topological polar surface area (TPSA) is 79.2 Å². The first kappa shape index (κ1) is 22.6. The molecule has 1 heterocycles. The molecule has 3 aromatic rings. The van der Waals surface area contributed by atoms with Gasteiger partial charge in [0.1, 0.15) is 5.70 Å². The number of ketones is 1. The molecule has 1 aliphatic rings. The number of Topliss-reactive ketones (excluding diaryl/α,β-unsaturated/α-hetero) is 1. The first-order valence-electron chi connectivity index (χ1n) is 9.95. The van der Waals surface area contributed by atoms with E-state index in [2.05, 4.69) is 4.99 Å². The van der Waals surface area contributed by atoms with Crippen LogP contribution in [0.1, 0.15) is 15.9 Å². The molecule has 6 nitrogen and oxygen atoms in total. The fourth-order valence-electron chi connectivity index (χ4n) is 3.19. The maximum atomic E-state index is 13.2. The van der Waals surface area contributed by atoms with Crippen molar-refractivity contribution in [1.82, 2.24) is 0 Å². The van der Waals surface area contributed by atoms with E-state index in [1.807, 2.05) is 30.3 Å². The Morgan fingerprint density at radius 2 is 1.85 bits per heavy atom. The number of amides is 1. The fourth-order valence-corrected chi connectivity index (χ4v) is 4.22. The van der Waals surface area contributed by atoms with Crippen LogP contribution in [0, 0.1) is 0 Å². The van der Waals surface area contributed by atoms with Gasteiger partial charge in [0.15, 0.2) is 22.4 Å². The fraction of sp³-hybridized carbons (Fsp3) is 0.0800. The molecule has 0 atom stereocenters. The zero-order valence-corrected chi connectivity index (χ0v) is 19.1. The van der Waals surface area contributed by atoms with Gasteiger partial charge in [-0.25, -0.2) is 4.99 Å². The zero-order chi connectivity index (χ0) is 23.4. The molecule has 33 heavy (non-hydrogen) atoms. The van der Waals surface area contributed by atoms with Gasteiger partial charge in [-0.1, -0.05) is 47.6 Å². The molecule has 0 fully saturated rings. The second-order valence-corrected chi connectivity index (χ2v) is 8.43. The van der Waals surface area contributed by atoms with Gasteiger partial charge in [-0.15, -0.1) is 0 Å². The van der Waals surface area contributed by atoms with Crippen LogP contribution < -0.4 is 9.64 Å². The third-order valence-electron chi connectivity index (χ3n) is 4.85. The van der Waals surface area contributed by atoms with Crippen LogP contribution in [0.5, 0.6) is 11.5 Å². The summed E-state index contributed by atoms with van der Waals surface area (Å²) < 4.78 is 5.14. The molecule has 0 spiro atoms. The number of hydrogen-bond donors (Lipinski definition) is 1. The molecule has 0 aliphatic carbocycles. The van der Waals surface area contributed by atoms with Gasteiger partial charge in [-0.2, -0.15) is 0 Å². The van der Waals surface area contributed by atoms with Gasteiger partial charge in [0.2, 0.25) is 0 Å². The highest BCUT2D eigenvalue weighted by Gasteiger charge is 2.32. The van der Waals surface area contributed by atoms with Gasteiger partial charge in [-0.05, 0) is 60.2 Å². The first-order chi connectivity index (χ1) is 16.0. The summed E-state index contributed by atoms with van der Waals surface area (Å²) in [5, 5.41) is 10.8. The van der Waals surface area contributed by atoms with E-state index in [9.17, 15) is 14.7 Å². The number of carbonyl (C=O) groups excluding carboxylic acids is 2. The van der Waals surface area contributed by atoms with E-state index in [-0.39, 0.29) is 28.9 Å². The van der Waals surface area contributed by atoms with Gasteiger partial charge in [0, 0.05) is 10.6 Å². The minimum atomic E-state index is -0.310. The third-order valence-corrected chi connectivity index (χ3v) is 6.04. The number of methoxy groups -OCH3 is 1. The number of aromatic hydroxyl groups is 1. The van der Waals surface area contributed by atoms with Crippen LogP contribution in [0.15, 0.2) is 83.5 Å². The van der Waals surface area contributed by atoms with Crippen LogP contribution in [0.3, 0.4) is 0 Å². The van der Waals surface area contributed by atoms with Crippen LogP contribution >= 0.6 is 23.4 Å². The van der Waals surface area contributed by atoms with Crippen molar-refractivity contribution in [1.29, 1.82) is 0 Å². The lowest BCUT2D eigenvalue weighted by Gasteiger charge is -2.17. The molecular formula is C25H19ClN2O4S. The average molecular weight is 479 g/mol. The molecule has 3 aromatic carbocycles. The van der Waals surface area contributed by atoms with Crippen molar-refractivity contribution >= 4 is 52.0 Å². The molecule has 0 saturated heterocycles. The Labute approximate surface area is 200 Å². The lowest BCUT2D eigenvalue weighted by Crippen LogP contribution is -2.30. The number of thioether (sulfide) groups is 1. The van der Waals surface area contributed by atoms with E-state index in [1.165, 1.54) is 29.8 Å². The highest BCUT2D eigenvalue weighted by molar-refractivity contribution is 8.14. The zero-order valence-electron chi connectivity index (χ0n) is 17.6. The minimum absolute atomic E-state index is 0.00349.